The predicted octanol–water partition coefficient (Wildman–Crippen LogP) is 1.03. The van der Waals surface area contributed by atoms with E-state index in [-0.39, 0.29) is 27.5 Å². The van der Waals surface area contributed by atoms with Gasteiger partial charge in [-0.05, 0) is 19.2 Å². The zero-order valence-electron chi connectivity index (χ0n) is 10.7. The number of anilines is 1. The molecule has 0 aliphatic carbocycles. The first-order chi connectivity index (χ1) is 8.90. The fraction of sp³-hybridized carbons (Fsp3) is 0.500. The summed E-state index contributed by atoms with van der Waals surface area (Å²) in [7, 11) is -1.62. The number of benzene rings is 1. The van der Waals surface area contributed by atoms with Gasteiger partial charge in [0.1, 0.15) is 4.90 Å². The normalized spacial score (nSPS) is 21.5. The molecule has 106 valence electrons. The Kier molecular flexibility index (Phi) is 4.35. The van der Waals surface area contributed by atoms with Gasteiger partial charge < -0.3 is 15.4 Å². The van der Waals surface area contributed by atoms with Gasteiger partial charge >= 0.3 is 0 Å². The van der Waals surface area contributed by atoms with Gasteiger partial charge in [0, 0.05) is 13.1 Å². The SMILES string of the molecule is CN1CCOC(CS(=O)(=O)c2c(N)cccc2Cl)C1. The smallest absolute Gasteiger partial charge is 0.184 e. The number of hydrogen-bond donors (Lipinski definition) is 1. The van der Waals surface area contributed by atoms with E-state index in [4.69, 9.17) is 22.1 Å². The van der Waals surface area contributed by atoms with Gasteiger partial charge in [-0.2, -0.15) is 0 Å². The number of ether oxygens (including phenoxy) is 1. The Labute approximate surface area is 118 Å². The first-order valence-corrected chi connectivity index (χ1v) is 8.00. The topological polar surface area (TPSA) is 72.6 Å². The van der Waals surface area contributed by atoms with Crippen LogP contribution in [0.15, 0.2) is 23.1 Å². The molecule has 0 aromatic heterocycles. The van der Waals surface area contributed by atoms with Gasteiger partial charge in [-0.3, -0.25) is 0 Å². The molecule has 1 aromatic rings. The molecule has 1 aromatic carbocycles. The molecule has 0 saturated carbocycles. The molecule has 2 rings (SSSR count). The van der Waals surface area contributed by atoms with Crippen LogP contribution in [0.2, 0.25) is 5.02 Å². The summed E-state index contributed by atoms with van der Waals surface area (Å²) in [4.78, 5) is 2.05. The van der Waals surface area contributed by atoms with E-state index in [1.54, 1.807) is 6.07 Å². The van der Waals surface area contributed by atoms with Gasteiger partial charge in [-0.15, -0.1) is 0 Å². The van der Waals surface area contributed by atoms with E-state index in [1.807, 2.05) is 11.9 Å². The zero-order chi connectivity index (χ0) is 14.0. The van der Waals surface area contributed by atoms with Crippen LogP contribution in [-0.4, -0.2) is 51.9 Å². The number of nitrogens with zero attached hydrogens (tertiary/aromatic N) is 1. The number of rotatable bonds is 3. The summed E-state index contributed by atoms with van der Waals surface area (Å²) < 4.78 is 30.3. The molecule has 1 heterocycles. The lowest BCUT2D eigenvalue weighted by Gasteiger charge is -2.29. The van der Waals surface area contributed by atoms with Crippen molar-refractivity contribution in [1.29, 1.82) is 0 Å². The molecule has 1 unspecified atom stereocenters. The van der Waals surface area contributed by atoms with Crippen LogP contribution in [0.4, 0.5) is 5.69 Å². The first kappa shape index (κ1) is 14.6. The molecule has 1 aliphatic heterocycles. The highest BCUT2D eigenvalue weighted by molar-refractivity contribution is 7.91. The average Bonchev–Trinajstić information content (AvgIpc) is 2.27. The van der Waals surface area contributed by atoms with Crippen LogP contribution in [0.3, 0.4) is 0 Å². The highest BCUT2D eigenvalue weighted by atomic mass is 35.5. The average molecular weight is 305 g/mol. The van der Waals surface area contributed by atoms with Crippen molar-refractivity contribution in [3.63, 3.8) is 0 Å². The Morgan fingerprint density at radius 2 is 2.26 bits per heavy atom. The Hall–Kier alpha value is -0.820. The van der Waals surface area contributed by atoms with Gasteiger partial charge in [0.15, 0.2) is 9.84 Å². The molecular weight excluding hydrogens is 288 g/mol. The summed E-state index contributed by atoms with van der Waals surface area (Å²) in [5.74, 6) is -0.106. The maximum atomic E-state index is 12.4. The van der Waals surface area contributed by atoms with Gasteiger partial charge in [-0.1, -0.05) is 17.7 Å². The van der Waals surface area contributed by atoms with Crippen molar-refractivity contribution in [2.45, 2.75) is 11.0 Å². The van der Waals surface area contributed by atoms with Crippen molar-refractivity contribution >= 4 is 27.1 Å². The van der Waals surface area contributed by atoms with Crippen molar-refractivity contribution in [1.82, 2.24) is 4.90 Å². The van der Waals surface area contributed by atoms with Crippen LogP contribution < -0.4 is 5.73 Å². The number of morpholine rings is 1. The van der Waals surface area contributed by atoms with Crippen molar-refractivity contribution in [2.75, 3.05) is 38.2 Å². The molecule has 19 heavy (non-hydrogen) atoms. The maximum absolute atomic E-state index is 12.4. The van der Waals surface area contributed by atoms with E-state index in [0.717, 1.165) is 6.54 Å². The van der Waals surface area contributed by atoms with E-state index >= 15 is 0 Å². The zero-order valence-corrected chi connectivity index (χ0v) is 12.2. The molecule has 2 N–H and O–H groups in total. The summed E-state index contributed by atoms with van der Waals surface area (Å²) in [5, 5.41) is 0.157. The summed E-state index contributed by atoms with van der Waals surface area (Å²) in [6.45, 7) is 1.93. The first-order valence-electron chi connectivity index (χ1n) is 5.97. The third kappa shape index (κ3) is 3.39. The van der Waals surface area contributed by atoms with Crippen molar-refractivity contribution in [3.8, 4) is 0 Å². The van der Waals surface area contributed by atoms with Gasteiger partial charge in [-0.25, -0.2) is 8.42 Å². The maximum Gasteiger partial charge on any atom is 0.184 e. The summed E-state index contributed by atoms with van der Waals surface area (Å²) in [5.41, 5.74) is 5.90. The molecule has 0 spiro atoms. The Bertz CT molecular complexity index is 542. The van der Waals surface area contributed by atoms with Crippen LogP contribution in [0, 0.1) is 0 Å². The fourth-order valence-electron chi connectivity index (χ4n) is 2.15. The molecule has 1 saturated heterocycles. The molecule has 7 heteroatoms. The number of nitrogens with two attached hydrogens (primary N) is 1. The molecule has 1 fully saturated rings. The standard InChI is InChI=1S/C12H17ClN2O3S/c1-15-5-6-18-9(7-15)8-19(16,17)12-10(13)3-2-4-11(12)14/h2-4,9H,5-8,14H2,1H3. The lowest BCUT2D eigenvalue weighted by atomic mass is 10.3. The number of halogens is 1. The van der Waals surface area contributed by atoms with E-state index in [9.17, 15) is 8.42 Å². The minimum atomic E-state index is -3.55. The molecule has 1 aliphatic rings. The Morgan fingerprint density at radius 1 is 1.53 bits per heavy atom. The fourth-order valence-corrected chi connectivity index (χ4v) is 4.33. The third-order valence-electron chi connectivity index (χ3n) is 3.06. The summed E-state index contributed by atoms with van der Waals surface area (Å²) in [6, 6.07) is 4.69. The van der Waals surface area contributed by atoms with E-state index in [2.05, 4.69) is 0 Å². The van der Waals surface area contributed by atoms with E-state index < -0.39 is 9.84 Å². The summed E-state index contributed by atoms with van der Waals surface area (Å²) >= 11 is 5.95. The van der Waals surface area contributed by atoms with Crippen LogP contribution in [0.25, 0.3) is 0 Å². The highest BCUT2D eigenvalue weighted by Crippen LogP contribution is 2.28. The number of nitrogen functional groups attached to an aromatic ring is 1. The molecule has 5 nitrogen and oxygen atoms in total. The van der Waals surface area contributed by atoms with E-state index in [1.165, 1.54) is 12.1 Å². The molecule has 1 atom stereocenters. The second kappa shape index (κ2) is 5.66. The lowest BCUT2D eigenvalue weighted by molar-refractivity contribution is -0.00680. The van der Waals surface area contributed by atoms with Crippen LogP contribution >= 0.6 is 11.6 Å². The van der Waals surface area contributed by atoms with E-state index in [0.29, 0.717) is 13.2 Å². The van der Waals surface area contributed by atoms with Crippen molar-refractivity contribution in [3.05, 3.63) is 23.2 Å². The number of hydrogen-bond acceptors (Lipinski definition) is 5. The monoisotopic (exact) mass is 304 g/mol. The molecule has 0 bridgehead atoms. The summed E-state index contributed by atoms with van der Waals surface area (Å²) in [6.07, 6.45) is -0.348. The highest BCUT2D eigenvalue weighted by Gasteiger charge is 2.28. The minimum Gasteiger partial charge on any atom is -0.398 e. The quantitative estimate of drug-likeness (QED) is 0.844. The second-order valence-electron chi connectivity index (χ2n) is 4.69. The largest absolute Gasteiger partial charge is 0.398 e. The molecule has 0 amide bonds. The van der Waals surface area contributed by atoms with Crippen LogP contribution in [0.5, 0.6) is 0 Å². The molecular formula is C12H17ClN2O3S. The number of likely N-dealkylation sites (N-methyl/N-ethyl adjacent to an activating group) is 1. The van der Waals surface area contributed by atoms with Gasteiger partial charge in [0.05, 0.1) is 29.2 Å². The predicted molar refractivity (Wildman–Crippen MR) is 75.2 cm³/mol. The van der Waals surface area contributed by atoms with Crippen LogP contribution in [-0.2, 0) is 14.6 Å². The Balaban J connectivity index is 2.23. The lowest BCUT2D eigenvalue weighted by Crippen LogP contribution is -2.43. The number of sulfone groups is 1. The van der Waals surface area contributed by atoms with Crippen molar-refractivity contribution < 1.29 is 13.2 Å². The van der Waals surface area contributed by atoms with Gasteiger partial charge in [0.2, 0.25) is 0 Å². The Morgan fingerprint density at radius 3 is 2.89 bits per heavy atom. The molecule has 0 radical (unpaired) electrons. The van der Waals surface area contributed by atoms with Gasteiger partial charge in [0.25, 0.3) is 0 Å². The van der Waals surface area contributed by atoms with Crippen LogP contribution in [0.1, 0.15) is 0 Å². The van der Waals surface area contributed by atoms with Crippen molar-refractivity contribution in [2.24, 2.45) is 0 Å². The third-order valence-corrected chi connectivity index (χ3v) is 5.37. The second-order valence-corrected chi connectivity index (χ2v) is 7.07. The minimum absolute atomic E-state index is 0.00786.